The summed E-state index contributed by atoms with van der Waals surface area (Å²) in [6, 6.07) is 0.490. The summed E-state index contributed by atoms with van der Waals surface area (Å²) in [5.41, 5.74) is 0. The number of hydrogen-bond donors (Lipinski definition) is 1. The van der Waals surface area contributed by atoms with Crippen LogP contribution in [-0.2, 0) is 11.3 Å². The minimum Gasteiger partial charge on any atom is -0.760 e. The Kier molecular flexibility index (Phi) is 3.65. The number of nitrogens with zero attached hydrogens (tertiary/aromatic N) is 1. The molecular weight excluding hydrogens is 140 g/mol. The van der Waals surface area contributed by atoms with Gasteiger partial charge in [0.1, 0.15) is 0 Å². The highest BCUT2D eigenvalue weighted by atomic mass is 32.2. The second-order valence-corrected chi connectivity index (χ2v) is 1.79. The summed E-state index contributed by atoms with van der Waals surface area (Å²) in [5, 5.41) is 8.05. The van der Waals surface area contributed by atoms with E-state index in [4.69, 9.17) is 11.7 Å². The van der Waals surface area contributed by atoms with Gasteiger partial charge in [-0.3, -0.25) is 4.21 Å². The van der Waals surface area contributed by atoms with Crippen LogP contribution in [0.2, 0.25) is 0 Å². The Morgan fingerprint density at radius 3 is 2.56 bits per heavy atom. The molecule has 0 aromatic carbocycles. The molecule has 0 aromatic heterocycles. The van der Waals surface area contributed by atoms with Crippen molar-refractivity contribution in [2.24, 2.45) is 0 Å². The van der Waals surface area contributed by atoms with Gasteiger partial charge < -0.3 is 4.55 Å². The van der Waals surface area contributed by atoms with Crippen molar-refractivity contribution in [2.75, 3.05) is 0 Å². The lowest BCUT2D eigenvalue weighted by molar-refractivity contribution is 0.523. The molecule has 0 aromatic rings. The number of hydrogen-bond acceptors (Lipinski definition) is 3. The molecule has 0 amide bonds. The van der Waals surface area contributed by atoms with E-state index in [1.165, 1.54) is 0 Å². The Balaban J connectivity index is 3.78. The molecule has 0 saturated heterocycles. The zero-order valence-electron chi connectivity index (χ0n) is 4.33. The summed E-state index contributed by atoms with van der Waals surface area (Å²) in [5.74, 6) is 1.92. The van der Waals surface area contributed by atoms with Crippen molar-refractivity contribution in [1.82, 2.24) is 4.72 Å². The van der Waals surface area contributed by atoms with Gasteiger partial charge in [-0.2, -0.15) is 5.26 Å². The van der Waals surface area contributed by atoms with Crippen LogP contribution in [-0.4, -0.2) is 14.8 Å². The van der Waals surface area contributed by atoms with Crippen molar-refractivity contribution in [2.45, 2.75) is 6.04 Å². The van der Waals surface area contributed by atoms with Gasteiger partial charge in [-0.15, -0.1) is 6.42 Å². The molecule has 0 bridgehead atoms. The summed E-state index contributed by atoms with van der Waals surface area (Å²) < 4.78 is 21.3. The Bertz CT molecular complexity index is 176. The maximum atomic E-state index is 9.77. The lowest BCUT2D eigenvalue weighted by Crippen LogP contribution is -2.27. The van der Waals surface area contributed by atoms with Gasteiger partial charge in [-0.25, -0.2) is 4.72 Å². The zero-order valence-corrected chi connectivity index (χ0v) is 5.14. The first kappa shape index (κ1) is 8.12. The molecule has 2 atom stereocenters. The fraction of sp³-hybridized carbons (Fsp3) is 0.250. The summed E-state index contributed by atoms with van der Waals surface area (Å²) in [6.07, 6.45) is 4.72. The van der Waals surface area contributed by atoms with Gasteiger partial charge in [-0.05, 0) is 0 Å². The highest BCUT2D eigenvalue weighted by Crippen LogP contribution is 1.75. The molecule has 1 N–H and O–H groups in total. The van der Waals surface area contributed by atoms with E-state index in [-0.39, 0.29) is 0 Å². The molecule has 0 rings (SSSR count). The molecule has 0 saturated carbocycles. The van der Waals surface area contributed by atoms with Crippen LogP contribution in [0.1, 0.15) is 0 Å². The Morgan fingerprint density at radius 1 is 1.89 bits per heavy atom. The van der Waals surface area contributed by atoms with E-state index in [1.807, 2.05) is 5.92 Å². The molecule has 0 aliphatic carbocycles. The van der Waals surface area contributed by atoms with E-state index >= 15 is 0 Å². The molecule has 0 radical (unpaired) electrons. The zero-order chi connectivity index (χ0) is 7.28. The second kappa shape index (κ2) is 4.04. The SMILES string of the molecule is C#CC(C#N)NS(=O)[O-]. The van der Waals surface area contributed by atoms with E-state index in [9.17, 15) is 8.76 Å². The molecule has 0 aliphatic rings. The molecule has 0 fully saturated rings. The maximum absolute atomic E-state index is 9.77. The predicted molar refractivity (Wildman–Crippen MR) is 30.3 cm³/mol. The molecule has 5 heteroatoms. The lowest BCUT2D eigenvalue weighted by Gasteiger charge is -2.05. The molecule has 4 nitrogen and oxygen atoms in total. The third kappa shape index (κ3) is 3.68. The quantitative estimate of drug-likeness (QED) is 0.393. The third-order valence-corrected chi connectivity index (χ3v) is 0.938. The van der Waals surface area contributed by atoms with Crippen LogP contribution < -0.4 is 4.72 Å². The van der Waals surface area contributed by atoms with Gasteiger partial charge >= 0.3 is 0 Å². The van der Waals surface area contributed by atoms with E-state index in [2.05, 4.69) is 0 Å². The van der Waals surface area contributed by atoms with Crippen molar-refractivity contribution in [1.29, 1.82) is 5.26 Å². The highest BCUT2D eigenvalue weighted by molar-refractivity contribution is 7.77. The largest absolute Gasteiger partial charge is 0.760 e. The van der Waals surface area contributed by atoms with Crippen molar-refractivity contribution in [3.05, 3.63) is 0 Å². The molecule has 0 spiro atoms. The van der Waals surface area contributed by atoms with Crippen LogP contribution >= 0.6 is 0 Å². The first-order valence-electron chi connectivity index (χ1n) is 1.92. The normalized spacial score (nSPS) is 15.0. The van der Waals surface area contributed by atoms with Gasteiger partial charge in [0.2, 0.25) is 0 Å². The molecule has 0 heterocycles. The molecule has 9 heavy (non-hydrogen) atoms. The van der Waals surface area contributed by atoms with Crippen molar-refractivity contribution >= 4 is 11.3 Å². The van der Waals surface area contributed by atoms with Gasteiger partial charge in [0.25, 0.3) is 0 Å². The molecule has 48 valence electrons. The Morgan fingerprint density at radius 2 is 2.44 bits per heavy atom. The Labute approximate surface area is 55.3 Å². The van der Waals surface area contributed by atoms with Crippen LogP contribution in [0.5, 0.6) is 0 Å². The summed E-state index contributed by atoms with van der Waals surface area (Å²) >= 11 is -2.46. The summed E-state index contributed by atoms with van der Waals surface area (Å²) in [6.45, 7) is 0. The number of nitrogens with one attached hydrogen (secondary N) is 1. The Hall–Kier alpha value is -0.880. The number of nitriles is 1. The minimum atomic E-state index is -2.46. The van der Waals surface area contributed by atoms with E-state index in [0.717, 1.165) is 0 Å². The second-order valence-electron chi connectivity index (χ2n) is 1.08. The van der Waals surface area contributed by atoms with Crippen LogP contribution in [0.25, 0.3) is 0 Å². The van der Waals surface area contributed by atoms with Crippen LogP contribution in [0.4, 0.5) is 0 Å². The van der Waals surface area contributed by atoms with Crippen molar-refractivity contribution in [3.8, 4) is 18.4 Å². The molecule has 0 aliphatic heterocycles. The first-order chi connectivity index (χ1) is 4.20. The third-order valence-electron chi connectivity index (χ3n) is 0.510. The van der Waals surface area contributed by atoms with Crippen molar-refractivity contribution < 1.29 is 8.76 Å². The van der Waals surface area contributed by atoms with Crippen LogP contribution in [0.3, 0.4) is 0 Å². The highest BCUT2D eigenvalue weighted by Gasteiger charge is 1.97. The minimum absolute atomic E-state index is 1.05. The fourth-order valence-corrected chi connectivity index (χ4v) is 0.507. The first-order valence-corrected chi connectivity index (χ1v) is 2.99. The predicted octanol–water partition coefficient (Wildman–Crippen LogP) is -1.10. The average molecular weight is 143 g/mol. The maximum Gasteiger partial charge on any atom is 0.167 e. The van der Waals surface area contributed by atoms with Gasteiger partial charge in [0.15, 0.2) is 6.04 Å². The van der Waals surface area contributed by atoms with E-state index in [0.29, 0.717) is 0 Å². The van der Waals surface area contributed by atoms with Crippen molar-refractivity contribution in [3.63, 3.8) is 0 Å². The molecule has 2 unspecified atom stereocenters. The van der Waals surface area contributed by atoms with Gasteiger partial charge in [0.05, 0.1) is 6.07 Å². The monoisotopic (exact) mass is 143 g/mol. The molecular formula is C4H3N2O2S-. The summed E-state index contributed by atoms with van der Waals surface area (Å²) in [7, 11) is 0. The smallest absolute Gasteiger partial charge is 0.167 e. The van der Waals surface area contributed by atoms with E-state index < -0.39 is 17.3 Å². The lowest BCUT2D eigenvalue weighted by atomic mass is 10.4. The van der Waals surface area contributed by atoms with Crippen LogP contribution in [0, 0.1) is 23.7 Å². The average Bonchev–Trinajstić information content (AvgIpc) is 1.82. The fourth-order valence-electron chi connectivity index (χ4n) is 0.194. The van der Waals surface area contributed by atoms with Crippen LogP contribution in [0.15, 0.2) is 0 Å². The van der Waals surface area contributed by atoms with E-state index in [1.54, 1.807) is 10.8 Å². The van der Waals surface area contributed by atoms with Gasteiger partial charge in [0, 0.05) is 11.3 Å². The number of rotatable bonds is 2. The topological polar surface area (TPSA) is 76.0 Å². The standard InChI is InChI=1S/C4H4N2O2S/c1-2-4(3-5)6-9(7)8/h1,4,6H,(H,7,8)/p-1. The summed E-state index contributed by atoms with van der Waals surface area (Å²) in [4.78, 5) is 0. The number of terminal acetylenes is 1. The van der Waals surface area contributed by atoms with Gasteiger partial charge in [-0.1, -0.05) is 5.92 Å².